The van der Waals surface area contributed by atoms with Crippen molar-refractivity contribution < 1.29 is 9.53 Å². The minimum atomic E-state index is -0.414. The summed E-state index contributed by atoms with van der Waals surface area (Å²) in [6.45, 7) is 2.18. The van der Waals surface area contributed by atoms with Crippen LogP contribution in [0.2, 0.25) is 0 Å². The van der Waals surface area contributed by atoms with Crippen molar-refractivity contribution in [3.63, 3.8) is 0 Å². The molecular formula is C20H18BrNO2. The summed E-state index contributed by atoms with van der Waals surface area (Å²) in [5.74, 6) is -0.0478. The molecule has 1 aliphatic heterocycles. The van der Waals surface area contributed by atoms with Gasteiger partial charge < -0.3 is 4.74 Å². The average Bonchev–Trinajstić information content (AvgIpc) is 2.96. The Morgan fingerprint density at radius 2 is 1.79 bits per heavy atom. The number of esters is 1. The van der Waals surface area contributed by atoms with Crippen molar-refractivity contribution in [3.8, 4) is 0 Å². The molecule has 122 valence electrons. The summed E-state index contributed by atoms with van der Waals surface area (Å²) >= 11 is 3.39. The van der Waals surface area contributed by atoms with E-state index < -0.39 is 5.97 Å². The van der Waals surface area contributed by atoms with Gasteiger partial charge >= 0.3 is 5.97 Å². The molecule has 0 saturated carbocycles. The highest BCUT2D eigenvalue weighted by atomic mass is 79.9. The quantitative estimate of drug-likeness (QED) is 0.529. The Kier molecular flexibility index (Phi) is 5.26. The van der Waals surface area contributed by atoms with Crippen LogP contribution in [0.1, 0.15) is 36.5 Å². The lowest BCUT2D eigenvalue weighted by Crippen LogP contribution is -2.05. The molecule has 0 aliphatic carbocycles. The summed E-state index contributed by atoms with van der Waals surface area (Å²) in [6.07, 6.45) is 5.15. The zero-order valence-corrected chi connectivity index (χ0v) is 15.0. The van der Waals surface area contributed by atoms with Crippen molar-refractivity contribution in [2.75, 3.05) is 0 Å². The highest BCUT2D eigenvalue weighted by molar-refractivity contribution is 9.10. The molecule has 3 nitrogen and oxygen atoms in total. The van der Waals surface area contributed by atoms with Crippen LogP contribution in [-0.2, 0) is 16.0 Å². The fourth-order valence-corrected chi connectivity index (χ4v) is 2.71. The number of hydrogen-bond acceptors (Lipinski definition) is 3. The first kappa shape index (κ1) is 16.7. The van der Waals surface area contributed by atoms with E-state index >= 15 is 0 Å². The van der Waals surface area contributed by atoms with Crippen molar-refractivity contribution in [2.45, 2.75) is 26.2 Å². The zero-order valence-electron chi connectivity index (χ0n) is 13.5. The molecule has 2 aromatic rings. The van der Waals surface area contributed by atoms with Crippen LogP contribution >= 0.6 is 15.9 Å². The van der Waals surface area contributed by atoms with Gasteiger partial charge in [-0.1, -0.05) is 53.5 Å². The first-order valence-corrected chi connectivity index (χ1v) is 8.82. The molecule has 1 aliphatic rings. The van der Waals surface area contributed by atoms with Gasteiger partial charge in [0.1, 0.15) is 0 Å². The van der Waals surface area contributed by atoms with Gasteiger partial charge in [0.2, 0.25) is 5.90 Å². The molecule has 24 heavy (non-hydrogen) atoms. The molecule has 1 heterocycles. The number of ether oxygens (including phenoxy) is 1. The number of halogens is 1. The third kappa shape index (κ3) is 4.01. The van der Waals surface area contributed by atoms with E-state index in [1.807, 2.05) is 36.4 Å². The van der Waals surface area contributed by atoms with Crippen molar-refractivity contribution in [3.05, 3.63) is 75.4 Å². The molecule has 0 saturated heterocycles. The maximum Gasteiger partial charge on any atom is 0.363 e. The summed E-state index contributed by atoms with van der Waals surface area (Å²) in [7, 11) is 0. The number of carbonyl (C=O) groups is 1. The van der Waals surface area contributed by atoms with Gasteiger partial charge in [-0.3, -0.25) is 0 Å². The monoisotopic (exact) mass is 383 g/mol. The molecule has 0 amide bonds. The Morgan fingerprint density at radius 3 is 2.46 bits per heavy atom. The van der Waals surface area contributed by atoms with Crippen LogP contribution in [0.5, 0.6) is 0 Å². The maximum atomic E-state index is 12.0. The molecule has 0 aromatic heterocycles. The lowest BCUT2D eigenvalue weighted by Gasteiger charge is -2.02. The van der Waals surface area contributed by atoms with Crippen LogP contribution in [0.15, 0.2) is 63.7 Å². The number of benzene rings is 2. The zero-order chi connectivity index (χ0) is 16.9. The minimum Gasteiger partial charge on any atom is -0.402 e. The van der Waals surface area contributed by atoms with Gasteiger partial charge in [0.05, 0.1) is 0 Å². The molecule has 0 fully saturated rings. The average molecular weight is 384 g/mol. The highest BCUT2D eigenvalue weighted by Gasteiger charge is 2.24. The SMILES string of the molecule is CCCCc1ccc(C2=NC(=Cc3ccc(Br)cc3)C(=O)O2)cc1. The first-order valence-electron chi connectivity index (χ1n) is 8.03. The molecule has 0 spiro atoms. The second-order valence-electron chi connectivity index (χ2n) is 5.69. The first-order chi connectivity index (χ1) is 11.7. The summed E-state index contributed by atoms with van der Waals surface area (Å²) < 4.78 is 6.30. The Balaban J connectivity index is 1.79. The van der Waals surface area contributed by atoms with Gasteiger partial charge in [0, 0.05) is 10.0 Å². The fourth-order valence-electron chi connectivity index (χ4n) is 2.44. The van der Waals surface area contributed by atoms with E-state index in [0.29, 0.717) is 11.6 Å². The van der Waals surface area contributed by atoms with Gasteiger partial charge in [0.25, 0.3) is 0 Å². The second-order valence-corrected chi connectivity index (χ2v) is 6.60. The lowest BCUT2D eigenvalue weighted by atomic mass is 10.1. The molecular weight excluding hydrogens is 366 g/mol. The number of cyclic esters (lactones) is 1. The van der Waals surface area contributed by atoms with E-state index in [9.17, 15) is 4.79 Å². The number of aryl methyl sites for hydroxylation is 1. The maximum absolute atomic E-state index is 12.0. The van der Waals surface area contributed by atoms with Crippen LogP contribution < -0.4 is 0 Å². The number of aliphatic imine (C=N–C) groups is 1. The van der Waals surface area contributed by atoms with Crippen molar-refractivity contribution in [2.24, 2.45) is 4.99 Å². The van der Waals surface area contributed by atoms with E-state index in [4.69, 9.17) is 4.74 Å². The van der Waals surface area contributed by atoms with E-state index in [0.717, 1.165) is 22.0 Å². The van der Waals surface area contributed by atoms with Gasteiger partial charge in [-0.15, -0.1) is 0 Å². The molecule has 0 unspecified atom stereocenters. The van der Waals surface area contributed by atoms with E-state index in [-0.39, 0.29) is 0 Å². The summed E-state index contributed by atoms with van der Waals surface area (Å²) in [5.41, 5.74) is 3.34. The van der Waals surface area contributed by atoms with Crippen molar-refractivity contribution in [1.82, 2.24) is 0 Å². The van der Waals surface area contributed by atoms with Crippen LogP contribution in [0.25, 0.3) is 6.08 Å². The van der Waals surface area contributed by atoms with Crippen molar-refractivity contribution >= 4 is 33.9 Å². The topological polar surface area (TPSA) is 38.7 Å². The molecule has 2 aromatic carbocycles. The highest BCUT2D eigenvalue weighted by Crippen LogP contribution is 2.20. The Bertz CT molecular complexity index is 789. The number of hydrogen-bond donors (Lipinski definition) is 0. The van der Waals surface area contributed by atoms with Crippen LogP contribution in [0, 0.1) is 0 Å². The fraction of sp³-hybridized carbons (Fsp3) is 0.200. The molecule has 4 heteroatoms. The molecule has 0 atom stereocenters. The van der Waals surface area contributed by atoms with E-state index in [1.54, 1.807) is 6.08 Å². The normalized spacial score (nSPS) is 15.5. The van der Waals surface area contributed by atoms with Crippen LogP contribution in [-0.4, -0.2) is 11.9 Å². The minimum absolute atomic E-state index is 0.322. The number of rotatable bonds is 5. The summed E-state index contributed by atoms with van der Waals surface area (Å²) in [6, 6.07) is 15.7. The largest absolute Gasteiger partial charge is 0.402 e. The Morgan fingerprint density at radius 1 is 1.08 bits per heavy atom. The number of nitrogens with zero attached hydrogens (tertiary/aromatic N) is 1. The van der Waals surface area contributed by atoms with Gasteiger partial charge in [-0.05, 0) is 54.3 Å². The smallest absolute Gasteiger partial charge is 0.363 e. The predicted octanol–water partition coefficient (Wildman–Crippen LogP) is 5.14. The predicted molar refractivity (Wildman–Crippen MR) is 99.8 cm³/mol. The second kappa shape index (κ2) is 7.58. The van der Waals surface area contributed by atoms with Gasteiger partial charge in [-0.25, -0.2) is 9.79 Å². The van der Waals surface area contributed by atoms with E-state index in [2.05, 4.69) is 40.0 Å². The van der Waals surface area contributed by atoms with Crippen LogP contribution in [0.3, 0.4) is 0 Å². The van der Waals surface area contributed by atoms with Gasteiger partial charge in [0.15, 0.2) is 5.70 Å². The molecule has 0 bridgehead atoms. The standard InChI is InChI=1S/C20H18BrNO2/c1-2-3-4-14-5-9-16(10-6-14)19-22-18(20(23)24-19)13-15-7-11-17(21)12-8-15/h5-13H,2-4H2,1H3. The Hall–Kier alpha value is -2.20. The molecule has 0 radical (unpaired) electrons. The van der Waals surface area contributed by atoms with Crippen molar-refractivity contribution in [1.29, 1.82) is 0 Å². The Labute approximate surface area is 150 Å². The third-order valence-electron chi connectivity index (χ3n) is 3.81. The summed E-state index contributed by atoms with van der Waals surface area (Å²) in [4.78, 5) is 16.4. The van der Waals surface area contributed by atoms with Crippen LogP contribution in [0.4, 0.5) is 0 Å². The summed E-state index contributed by atoms with van der Waals surface area (Å²) in [5, 5.41) is 0. The lowest BCUT2D eigenvalue weighted by molar-refractivity contribution is -0.129. The number of carbonyl (C=O) groups excluding carboxylic acids is 1. The van der Waals surface area contributed by atoms with Gasteiger partial charge in [-0.2, -0.15) is 0 Å². The number of unbranched alkanes of at least 4 members (excludes halogenated alkanes) is 1. The molecule has 3 rings (SSSR count). The van der Waals surface area contributed by atoms with E-state index in [1.165, 1.54) is 18.4 Å². The third-order valence-corrected chi connectivity index (χ3v) is 4.34. The molecule has 0 N–H and O–H groups in total.